The van der Waals surface area contributed by atoms with Crippen LogP contribution in [0, 0.1) is 11.6 Å². The molecule has 1 aromatic heterocycles. The largest absolute Gasteiger partial charge is 0.351 e. The lowest BCUT2D eigenvalue weighted by atomic mass is 9.86. The number of piperidine rings is 1. The number of rotatable bonds is 5. The van der Waals surface area contributed by atoms with Crippen LogP contribution < -0.4 is 10.6 Å². The van der Waals surface area contributed by atoms with E-state index < -0.39 is 11.6 Å². The number of aromatic nitrogens is 1. The fraction of sp³-hybridized carbons (Fsp3) is 0.333. The van der Waals surface area contributed by atoms with E-state index in [-0.39, 0.29) is 17.9 Å². The van der Waals surface area contributed by atoms with Crippen molar-refractivity contribution in [1.82, 2.24) is 15.6 Å². The predicted octanol–water partition coefficient (Wildman–Crippen LogP) is 2.71. The maximum absolute atomic E-state index is 13.5. The molecule has 1 aliphatic heterocycles. The molecule has 4 nitrogen and oxygen atoms in total. The average Bonchev–Trinajstić information content (AvgIpc) is 2.64. The van der Waals surface area contributed by atoms with E-state index >= 15 is 0 Å². The molecule has 2 atom stereocenters. The standard InChI is InChI=1S/C18H19F2N3OS/c19-15-2-1-12(9-16(15)20)14-5-8-22-10-17(14)23-18(24)11-25-13-3-6-21-7-4-13/h1-4,6-7,9,14,17,22H,5,8,10-11H2,(H,23,24). The van der Waals surface area contributed by atoms with Crippen molar-refractivity contribution in [3.05, 3.63) is 59.9 Å². The summed E-state index contributed by atoms with van der Waals surface area (Å²) in [6.45, 7) is 1.39. The molecule has 7 heteroatoms. The smallest absolute Gasteiger partial charge is 0.230 e. The summed E-state index contributed by atoms with van der Waals surface area (Å²) in [5.41, 5.74) is 0.715. The lowest BCUT2D eigenvalue weighted by Crippen LogP contribution is -2.50. The van der Waals surface area contributed by atoms with E-state index in [2.05, 4.69) is 15.6 Å². The molecular formula is C18H19F2N3OS. The second-order valence-corrected chi connectivity index (χ2v) is 6.97. The Morgan fingerprint density at radius 1 is 1.24 bits per heavy atom. The van der Waals surface area contributed by atoms with Gasteiger partial charge < -0.3 is 10.6 Å². The minimum absolute atomic E-state index is 0.0359. The number of pyridine rings is 1. The van der Waals surface area contributed by atoms with E-state index in [1.165, 1.54) is 17.8 Å². The van der Waals surface area contributed by atoms with Crippen LogP contribution in [0.25, 0.3) is 0 Å². The van der Waals surface area contributed by atoms with E-state index in [0.717, 1.165) is 23.9 Å². The zero-order valence-corrected chi connectivity index (χ0v) is 14.4. The van der Waals surface area contributed by atoms with Crippen molar-refractivity contribution in [2.45, 2.75) is 23.3 Å². The second kappa shape index (κ2) is 8.40. The highest BCUT2D eigenvalue weighted by atomic mass is 32.2. The SMILES string of the molecule is O=C(CSc1ccncc1)NC1CNCCC1c1ccc(F)c(F)c1. The van der Waals surface area contributed by atoms with Crippen LogP contribution in [-0.4, -0.2) is 35.8 Å². The van der Waals surface area contributed by atoms with Gasteiger partial charge in [0, 0.05) is 35.8 Å². The predicted molar refractivity (Wildman–Crippen MR) is 93.5 cm³/mol. The minimum atomic E-state index is -0.855. The Kier molecular flexibility index (Phi) is 5.99. The van der Waals surface area contributed by atoms with Crippen LogP contribution in [-0.2, 0) is 4.79 Å². The molecule has 0 saturated carbocycles. The first-order valence-corrected chi connectivity index (χ1v) is 9.10. The number of hydrogen-bond donors (Lipinski definition) is 2. The van der Waals surface area contributed by atoms with Gasteiger partial charge in [-0.2, -0.15) is 0 Å². The monoisotopic (exact) mass is 363 g/mol. The molecule has 2 aromatic rings. The summed E-state index contributed by atoms with van der Waals surface area (Å²) in [6, 6.07) is 7.53. The summed E-state index contributed by atoms with van der Waals surface area (Å²) in [4.78, 5) is 17.2. The first-order chi connectivity index (χ1) is 12.1. The molecular weight excluding hydrogens is 344 g/mol. The van der Waals surface area contributed by atoms with E-state index in [0.29, 0.717) is 17.9 Å². The third-order valence-electron chi connectivity index (χ3n) is 4.22. The van der Waals surface area contributed by atoms with Gasteiger partial charge in [0.15, 0.2) is 11.6 Å². The summed E-state index contributed by atoms with van der Waals surface area (Å²) in [5.74, 6) is -1.53. The quantitative estimate of drug-likeness (QED) is 0.802. The zero-order valence-electron chi connectivity index (χ0n) is 13.5. The van der Waals surface area contributed by atoms with Crippen molar-refractivity contribution in [2.75, 3.05) is 18.8 Å². The molecule has 1 aromatic carbocycles. The molecule has 2 unspecified atom stereocenters. The minimum Gasteiger partial charge on any atom is -0.351 e. The number of amides is 1. The number of nitrogens with one attached hydrogen (secondary N) is 2. The maximum Gasteiger partial charge on any atom is 0.230 e. The number of halogens is 2. The third-order valence-corrected chi connectivity index (χ3v) is 5.23. The molecule has 0 radical (unpaired) electrons. The van der Waals surface area contributed by atoms with Gasteiger partial charge >= 0.3 is 0 Å². The van der Waals surface area contributed by atoms with Gasteiger partial charge in [-0.1, -0.05) is 6.07 Å². The molecule has 25 heavy (non-hydrogen) atoms. The van der Waals surface area contributed by atoms with Crippen molar-refractivity contribution < 1.29 is 13.6 Å². The molecule has 1 saturated heterocycles. The summed E-state index contributed by atoms with van der Waals surface area (Å²) in [6.07, 6.45) is 4.13. The molecule has 1 aliphatic rings. The van der Waals surface area contributed by atoms with Crippen LogP contribution >= 0.6 is 11.8 Å². The van der Waals surface area contributed by atoms with Crippen LogP contribution in [0.5, 0.6) is 0 Å². The van der Waals surface area contributed by atoms with E-state index in [4.69, 9.17) is 0 Å². The number of carbonyl (C=O) groups excluding carboxylic acids is 1. The Morgan fingerprint density at radius 2 is 2.04 bits per heavy atom. The van der Waals surface area contributed by atoms with E-state index in [1.807, 2.05) is 12.1 Å². The zero-order chi connectivity index (χ0) is 17.6. The Labute approximate surface area is 149 Å². The Bertz CT molecular complexity index is 730. The molecule has 0 bridgehead atoms. The Hall–Kier alpha value is -1.99. The number of thioether (sulfide) groups is 1. The van der Waals surface area contributed by atoms with Crippen molar-refractivity contribution >= 4 is 17.7 Å². The highest BCUT2D eigenvalue weighted by Crippen LogP contribution is 2.27. The van der Waals surface area contributed by atoms with Crippen molar-refractivity contribution in [2.24, 2.45) is 0 Å². The number of hydrogen-bond acceptors (Lipinski definition) is 4. The van der Waals surface area contributed by atoms with Crippen LogP contribution in [0.15, 0.2) is 47.6 Å². The third kappa shape index (κ3) is 4.76. The van der Waals surface area contributed by atoms with Gasteiger partial charge in [0.25, 0.3) is 0 Å². The van der Waals surface area contributed by atoms with Crippen LogP contribution in [0.1, 0.15) is 17.9 Å². The van der Waals surface area contributed by atoms with Gasteiger partial charge in [0.2, 0.25) is 5.91 Å². The Balaban J connectivity index is 1.62. The normalized spacial score (nSPS) is 20.2. The van der Waals surface area contributed by atoms with E-state index in [9.17, 15) is 13.6 Å². The molecule has 0 aliphatic carbocycles. The van der Waals surface area contributed by atoms with E-state index in [1.54, 1.807) is 18.5 Å². The van der Waals surface area contributed by atoms with Crippen molar-refractivity contribution in [1.29, 1.82) is 0 Å². The molecule has 1 fully saturated rings. The van der Waals surface area contributed by atoms with Gasteiger partial charge in [-0.3, -0.25) is 9.78 Å². The van der Waals surface area contributed by atoms with Crippen LogP contribution in [0.2, 0.25) is 0 Å². The lowest BCUT2D eigenvalue weighted by Gasteiger charge is -2.33. The summed E-state index contributed by atoms with van der Waals surface area (Å²) >= 11 is 1.44. The fourth-order valence-corrected chi connectivity index (χ4v) is 3.68. The lowest BCUT2D eigenvalue weighted by molar-refractivity contribution is -0.119. The van der Waals surface area contributed by atoms with Gasteiger partial charge in [-0.25, -0.2) is 8.78 Å². The van der Waals surface area contributed by atoms with Crippen molar-refractivity contribution in [3.63, 3.8) is 0 Å². The Morgan fingerprint density at radius 3 is 2.80 bits per heavy atom. The molecule has 3 rings (SSSR count). The second-order valence-electron chi connectivity index (χ2n) is 5.92. The van der Waals surface area contributed by atoms with Gasteiger partial charge in [-0.05, 0) is 42.8 Å². The summed E-state index contributed by atoms with van der Waals surface area (Å²) < 4.78 is 26.7. The highest BCUT2D eigenvalue weighted by Gasteiger charge is 2.28. The molecule has 2 N–H and O–H groups in total. The average molecular weight is 363 g/mol. The number of benzene rings is 1. The number of nitrogens with zero attached hydrogens (tertiary/aromatic N) is 1. The summed E-state index contributed by atoms with van der Waals surface area (Å²) in [7, 11) is 0. The molecule has 132 valence electrons. The highest BCUT2D eigenvalue weighted by molar-refractivity contribution is 8.00. The van der Waals surface area contributed by atoms with Gasteiger partial charge in [0.1, 0.15) is 0 Å². The molecule has 1 amide bonds. The number of carbonyl (C=O) groups is 1. The van der Waals surface area contributed by atoms with Gasteiger partial charge in [-0.15, -0.1) is 11.8 Å². The molecule has 0 spiro atoms. The topological polar surface area (TPSA) is 54.0 Å². The fourth-order valence-electron chi connectivity index (χ4n) is 2.98. The van der Waals surface area contributed by atoms with Crippen LogP contribution in [0.3, 0.4) is 0 Å². The maximum atomic E-state index is 13.5. The van der Waals surface area contributed by atoms with Crippen LogP contribution in [0.4, 0.5) is 8.78 Å². The van der Waals surface area contributed by atoms with Crippen molar-refractivity contribution in [3.8, 4) is 0 Å². The molecule has 2 heterocycles. The van der Waals surface area contributed by atoms with Gasteiger partial charge in [0.05, 0.1) is 5.75 Å². The first kappa shape index (κ1) is 17.8. The summed E-state index contributed by atoms with van der Waals surface area (Å²) in [5, 5.41) is 6.26. The first-order valence-electron chi connectivity index (χ1n) is 8.11.